The van der Waals surface area contributed by atoms with E-state index in [1.807, 2.05) is 12.1 Å². The fourth-order valence-electron chi connectivity index (χ4n) is 1.78. The van der Waals surface area contributed by atoms with Crippen molar-refractivity contribution in [2.45, 2.75) is 12.8 Å². The quantitative estimate of drug-likeness (QED) is 0.907. The van der Waals surface area contributed by atoms with Crippen LogP contribution in [0, 0.1) is 5.92 Å². The zero-order valence-electron chi connectivity index (χ0n) is 9.21. The van der Waals surface area contributed by atoms with Crippen LogP contribution in [0.15, 0.2) is 22.7 Å². The van der Waals surface area contributed by atoms with Gasteiger partial charge in [-0.25, -0.2) is 0 Å². The molecule has 0 spiro atoms. The number of hydrogen-bond acceptors (Lipinski definition) is 2. The normalized spacial score (nSPS) is 16.8. The maximum atomic E-state index is 11.9. The van der Waals surface area contributed by atoms with Gasteiger partial charge in [-0.15, -0.1) is 0 Å². The predicted molar refractivity (Wildman–Crippen MR) is 71.3 cm³/mol. The summed E-state index contributed by atoms with van der Waals surface area (Å²) in [7, 11) is 0. The van der Waals surface area contributed by atoms with Crippen LogP contribution >= 0.6 is 27.5 Å². The van der Waals surface area contributed by atoms with E-state index < -0.39 is 0 Å². The van der Waals surface area contributed by atoms with Gasteiger partial charge in [0.15, 0.2) is 0 Å². The Morgan fingerprint density at radius 2 is 2.12 bits per heavy atom. The molecular weight excluding hydrogens is 305 g/mol. The van der Waals surface area contributed by atoms with E-state index in [1.165, 1.54) is 0 Å². The molecule has 1 fully saturated rings. The smallest absolute Gasteiger partial charge is 0.227 e. The summed E-state index contributed by atoms with van der Waals surface area (Å²) in [5.74, 6) is 0.0952. The molecule has 1 aliphatic rings. The van der Waals surface area contributed by atoms with Crippen molar-refractivity contribution < 1.29 is 9.53 Å². The summed E-state index contributed by atoms with van der Waals surface area (Å²) in [6.07, 6.45) is 1.58. The van der Waals surface area contributed by atoms with E-state index in [4.69, 9.17) is 16.3 Å². The van der Waals surface area contributed by atoms with E-state index in [0.29, 0.717) is 18.2 Å². The number of halogens is 2. The third-order valence-electron chi connectivity index (χ3n) is 2.78. The van der Waals surface area contributed by atoms with Crippen molar-refractivity contribution >= 4 is 39.1 Å². The monoisotopic (exact) mass is 317 g/mol. The Kier molecular flexibility index (Phi) is 4.42. The van der Waals surface area contributed by atoms with Gasteiger partial charge >= 0.3 is 0 Å². The highest BCUT2D eigenvalue weighted by Gasteiger charge is 2.21. The summed E-state index contributed by atoms with van der Waals surface area (Å²) >= 11 is 9.28. The topological polar surface area (TPSA) is 38.3 Å². The first-order valence-electron chi connectivity index (χ1n) is 5.50. The van der Waals surface area contributed by atoms with E-state index in [9.17, 15) is 4.79 Å². The molecule has 1 N–H and O–H groups in total. The summed E-state index contributed by atoms with van der Waals surface area (Å²) < 4.78 is 6.05. The van der Waals surface area contributed by atoms with E-state index in [-0.39, 0.29) is 11.8 Å². The molecule has 3 nitrogen and oxygen atoms in total. The van der Waals surface area contributed by atoms with Crippen molar-refractivity contribution in [2.75, 3.05) is 18.5 Å². The van der Waals surface area contributed by atoms with Crippen LogP contribution < -0.4 is 5.32 Å². The van der Waals surface area contributed by atoms with E-state index in [2.05, 4.69) is 21.2 Å². The lowest BCUT2D eigenvalue weighted by Crippen LogP contribution is -2.28. The SMILES string of the molecule is O=C(Nc1ccc(Br)c(Cl)c1)C1CCOCC1. The first kappa shape index (κ1) is 12.9. The molecule has 0 aliphatic carbocycles. The molecule has 0 bridgehead atoms. The minimum absolute atomic E-state index is 0.0474. The summed E-state index contributed by atoms with van der Waals surface area (Å²) in [6, 6.07) is 5.39. The fraction of sp³-hybridized carbons (Fsp3) is 0.417. The zero-order chi connectivity index (χ0) is 12.3. The molecule has 1 heterocycles. The lowest BCUT2D eigenvalue weighted by Gasteiger charge is -2.21. The average Bonchev–Trinajstić information content (AvgIpc) is 2.35. The summed E-state index contributed by atoms with van der Waals surface area (Å²) in [6.45, 7) is 1.33. The number of ether oxygens (including phenoxy) is 1. The number of nitrogens with one attached hydrogen (secondary N) is 1. The van der Waals surface area contributed by atoms with Gasteiger partial charge in [0.2, 0.25) is 5.91 Å². The van der Waals surface area contributed by atoms with Gasteiger partial charge in [-0.1, -0.05) is 11.6 Å². The third kappa shape index (κ3) is 3.44. The molecule has 2 rings (SSSR count). The maximum absolute atomic E-state index is 11.9. The second-order valence-corrected chi connectivity index (χ2v) is 5.27. The zero-order valence-corrected chi connectivity index (χ0v) is 11.6. The molecule has 1 aromatic rings. The lowest BCUT2D eigenvalue weighted by atomic mass is 9.99. The molecule has 1 saturated heterocycles. The number of carbonyl (C=O) groups excluding carboxylic acids is 1. The largest absolute Gasteiger partial charge is 0.381 e. The van der Waals surface area contributed by atoms with Gasteiger partial charge < -0.3 is 10.1 Å². The minimum atomic E-state index is 0.0474. The van der Waals surface area contributed by atoms with Crippen molar-refractivity contribution in [3.05, 3.63) is 27.7 Å². The first-order valence-corrected chi connectivity index (χ1v) is 6.67. The van der Waals surface area contributed by atoms with Crippen molar-refractivity contribution in [3.8, 4) is 0 Å². The van der Waals surface area contributed by atoms with Crippen molar-refractivity contribution in [1.29, 1.82) is 0 Å². The van der Waals surface area contributed by atoms with Crippen LogP contribution in [0.4, 0.5) is 5.69 Å². The highest BCUT2D eigenvalue weighted by atomic mass is 79.9. The number of hydrogen-bond donors (Lipinski definition) is 1. The third-order valence-corrected chi connectivity index (χ3v) is 4.01. The van der Waals surface area contributed by atoms with Gasteiger partial charge in [0.05, 0.1) is 5.02 Å². The van der Waals surface area contributed by atoms with Crippen LogP contribution in [0.5, 0.6) is 0 Å². The van der Waals surface area contributed by atoms with Crippen LogP contribution in [-0.4, -0.2) is 19.1 Å². The molecule has 1 aromatic carbocycles. The molecule has 1 aliphatic heterocycles. The molecule has 0 aromatic heterocycles. The second kappa shape index (κ2) is 5.85. The number of anilines is 1. The molecule has 0 unspecified atom stereocenters. The maximum Gasteiger partial charge on any atom is 0.227 e. The van der Waals surface area contributed by atoms with Gasteiger partial charge in [-0.2, -0.15) is 0 Å². The molecule has 92 valence electrons. The van der Waals surface area contributed by atoms with Gasteiger partial charge in [-0.3, -0.25) is 4.79 Å². The Labute approximate surface area is 114 Å². The van der Waals surface area contributed by atoms with Gasteiger partial charge in [-0.05, 0) is 47.0 Å². The Morgan fingerprint density at radius 1 is 1.41 bits per heavy atom. The average molecular weight is 319 g/mol. The predicted octanol–water partition coefficient (Wildman–Crippen LogP) is 3.47. The number of amides is 1. The Bertz CT molecular complexity index is 419. The number of rotatable bonds is 2. The van der Waals surface area contributed by atoms with E-state index >= 15 is 0 Å². The number of carbonyl (C=O) groups is 1. The van der Waals surface area contributed by atoms with Crippen LogP contribution in [0.25, 0.3) is 0 Å². The molecular formula is C12H13BrClNO2. The fourth-order valence-corrected chi connectivity index (χ4v) is 2.21. The van der Waals surface area contributed by atoms with Crippen molar-refractivity contribution in [3.63, 3.8) is 0 Å². The van der Waals surface area contributed by atoms with Crippen LogP contribution in [0.2, 0.25) is 5.02 Å². The highest BCUT2D eigenvalue weighted by molar-refractivity contribution is 9.10. The molecule has 0 atom stereocenters. The minimum Gasteiger partial charge on any atom is -0.381 e. The standard InChI is InChI=1S/C12H13BrClNO2/c13-10-2-1-9(7-11(10)14)15-12(16)8-3-5-17-6-4-8/h1-2,7-8H,3-6H2,(H,15,16). The van der Waals surface area contributed by atoms with Gasteiger partial charge in [0.25, 0.3) is 0 Å². The molecule has 5 heteroatoms. The van der Waals surface area contributed by atoms with E-state index in [0.717, 1.165) is 23.0 Å². The summed E-state index contributed by atoms with van der Waals surface area (Å²) in [5, 5.41) is 3.47. The van der Waals surface area contributed by atoms with Crippen molar-refractivity contribution in [1.82, 2.24) is 0 Å². The lowest BCUT2D eigenvalue weighted by molar-refractivity contribution is -0.122. The summed E-state index contributed by atoms with van der Waals surface area (Å²) in [4.78, 5) is 11.9. The van der Waals surface area contributed by atoms with Gasteiger partial charge in [0.1, 0.15) is 0 Å². The van der Waals surface area contributed by atoms with E-state index in [1.54, 1.807) is 6.07 Å². The molecule has 17 heavy (non-hydrogen) atoms. The Hall–Kier alpha value is -0.580. The van der Waals surface area contributed by atoms with Crippen molar-refractivity contribution in [2.24, 2.45) is 5.92 Å². The first-order chi connectivity index (χ1) is 8.16. The second-order valence-electron chi connectivity index (χ2n) is 4.00. The van der Waals surface area contributed by atoms with Gasteiger partial charge in [0, 0.05) is 29.3 Å². The molecule has 0 saturated carbocycles. The number of benzene rings is 1. The Balaban J connectivity index is 1.99. The Morgan fingerprint density at radius 3 is 2.76 bits per heavy atom. The summed E-state index contributed by atoms with van der Waals surface area (Å²) in [5.41, 5.74) is 0.731. The van der Waals surface area contributed by atoms with Crippen LogP contribution in [0.1, 0.15) is 12.8 Å². The van der Waals surface area contributed by atoms with Crippen LogP contribution in [0.3, 0.4) is 0 Å². The molecule has 1 amide bonds. The van der Waals surface area contributed by atoms with Crippen LogP contribution in [-0.2, 0) is 9.53 Å². The highest BCUT2D eigenvalue weighted by Crippen LogP contribution is 2.26. The molecule has 0 radical (unpaired) electrons.